The summed E-state index contributed by atoms with van der Waals surface area (Å²) in [4.78, 5) is 29.1. The number of amidine groups is 1. The number of esters is 2. The number of nitrogens with zero attached hydrogens (tertiary/aromatic N) is 3. The van der Waals surface area contributed by atoms with Gasteiger partial charge < -0.3 is 19.9 Å². The van der Waals surface area contributed by atoms with Crippen LogP contribution < -0.4 is 5.32 Å². The van der Waals surface area contributed by atoms with Crippen molar-refractivity contribution in [2.45, 2.75) is 18.6 Å². The first-order valence-electron chi connectivity index (χ1n) is 7.67. The average Bonchev–Trinajstić information content (AvgIpc) is 2.65. The molecule has 0 aromatic heterocycles. The molecule has 1 aromatic rings. The number of aliphatic imine (C=N–C) groups is 1. The molecular weight excluding hydrogens is 328 g/mol. The van der Waals surface area contributed by atoms with Crippen LogP contribution in [0, 0.1) is 0 Å². The van der Waals surface area contributed by atoms with Crippen LogP contribution in [0.4, 0.5) is 11.4 Å². The van der Waals surface area contributed by atoms with Crippen LogP contribution in [0.1, 0.15) is 6.92 Å². The molecular formula is C16H18N4O5. The number of benzene rings is 1. The van der Waals surface area contributed by atoms with Crippen molar-refractivity contribution >= 4 is 34.9 Å². The summed E-state index contributed by atoms with van der Waals surface area (Å²) in [6, 6.07) is 6.10. The molecule has 2 aliphatic rings. The van der Waals surface area contributed by atoms with E-state index >= 15 is 0 Å². The number of ether oxygens (including phenoxy) is 2. The zero-order valence-corrected chi connectivity index (χ0v) is 14.0. The van der Waals surface area contributed by atoms with Crippen molar-refractivity contribution in [3.05, 3.63) is 24.3 Å². The zero-order chi connectivity index (χ0) is 18.2. The number of aliphatic hydroxyl groups is 1. The van der Waals surface area contributed by atoms with Crippen LogP contribution in [-0.2, 0) is 19.1 Å². The first-order chi connectivity index (χ1) is 12.0. The van der Waals surface area contributed by atoms with Crippen LogP contribution in [0.15, 0.2) is 34.4 Å². The van der Waals surface area contributed by atoms with Crippen LogP contribution in [0.25, 0.3) is 0 Å². The van der Waals surface area contributed by atoms with Gasteiger partial charge in [0.05, 0.1) is 25.6 Å². The monoisotopic (exact) mass is 346 g/mol. The van der Waals surface area contributed by atoms with Crippen LogP contribution in [0.5, 0.6) is 0 Å². The predicted molar refractivity (Wildman–Crippen MR) is 89.7 cm³/mol. The Morgan fingerprint density at radius 1 is 1.32 bits per heavy atom. The van der Waals surface area contributed by atoms with E-state index < -0.39 is 29.3 Å². The van der Waals surface area contributed by atoms with E-state index in [1.807, 2.05) is 6.07 Å². The molecule has 2 heterocycles. The first-order valence-corrected chi connectivity index (χ1v) is 7.67. The van der Waals surface area contributed by atoms with Gasteiger partial charge in [-0.15, -0.1) is 0 Å². The largest absolute Gasteiger partial charge is 0.466 e. The number of para-hydroxylation sites is 2. The van der Waals surface area contributed by atoms with Crippen LogP contribution >= 0.6 is 0 Å². The van der Waals surface area contributed by atoms with Crippen molar-refractivity contribution in [3.63, 3.8) is 0 Å². The van der Waals surface area contributed by atoms with Gasteiger partial charge in [0.15, 0.2) is 11.5 Å². The highest BCUT2D eigenvalue weighted by atomic mass is 16.5. The number of nitrogens with one attached hydrogen (secondary N) is 1. The van der Waals surface area contributed by atoms with E-state index in [9.17, 15) is 14.7 Å². The Balaban J connectivity index is 2.23. The molecule has 2 aliphatic heterocycles. The summed E-state index contributed by atoms with van der Waals surface area (Å²) in [6.45, 7) is 2.18. The van der Waals surface area contributed by atoms with Gasteiger partial charge in [-0.25, -0.2) is 19.6 Å². The number of hydrazone groups is 1. The van der Waals surface area contributed by atoms with E-state index in [2.05, 4.69) is 15.4 Å². The van der Waals surface area contributed by atoms with Crippen LogP contribution in [0.3, 0.4) is 0 Å². The molecule has 0 fully saturated rings. The third-order valence-corrected chi connectivity index (χ3v) is 4.14. The minimum atomic E-state index is -2.38. The lowest BCUT2D eigenvalue weighted by atomic mass is 9.85. The maximum Gasteiger partial charge on any atom is 0.358 e. The summed E-state index contributed by atoms with van der Waals surface area (Å²) in [5, 5.41) is 19.8. The van der Waals surface area contributed by atoms with Crippen molar-refractivity contribution in [3.8, 4) is 0 Å². The maximum absolute atomic E-state index is 12.4. The first kappa shape index (κ1) is 16.9. The van der Waals surface area contributed by atoms with Gasteiger partial charge in [0.2, 0.25) is 5.60 Å². The van der Waals surface area contributed by atoms with Crippen molar-refractivity contribution in [2.75, 3.05) is 26.1 Å². The summed E-state index contributed by atoms with van der Waals surface area (Å²) in [7, 11) is 2.26. The van der Waals surface area contributed by atoms with E-state index in [0.717, 1.165) is 14.2 Å². The molecule has 9 heteroatoms. The number of methoxy groups -OCH3 is 2. The molecule has 0 spiro atoms. The quantitative estimate of drug-likeness (QED) is 0.756. The molecule has 0 aliphatic carbocycles. The number of carbonyl (C=O) groups excluding carboxylic acids is 2. The van der Waals surface area contributed by atoms with Crippen molar-refractivity contribution < 1.29 is 24.2 Å². The molecule has 0 amide bonds. The molecule has 25 heavy (non-hydrogen) atoms. The van der Waals surface area contributed by atoms with Crippen molar-refractivity contribution in [2.24, 2.45) is 10.1 Å². The zero-order valence-electron chi connectivity index (χ0n) is 14.0. The van der Waals surface area contributed by atoms with Gasteiger partial charge in [-0.1, -0.05) is 12.1 Å². The minimum Gasteiger partial charge on any atom is -0.466 e. The Bertz CT molecular complexity index is 790. The number of fused-ring (bicyclic) bond motifs is 2. The lowest BCUT2D eigenvalue weighted by Gasteiger charge is -2.43. The Hall–Kier alpha value is -2.94. The Labute approximate surface area is 143 Å². The van der Waals surface area contributed by atoms with Gasteiger partial charge in [0.25, 0.3) is 0 Å². The number of hydrogen-bond acceptors (Lipinski definition) is 9. The third kappa shape index (κ3) is 2.43. The van der Waals surface area contributed by atoms with Gasteiger partial charge in [-0.2, -0.15) is 5.10 Å². The molecule has 0 radical (unpaired) electrons. The fraction of sp³-hybridized carbons (Fsp3) is 0.375. The second-order valence-electron chi connectivity index (χ2n) is 5.48. The average molecular weight is 346 g/mol. The fourth-order valence-electron chi connectivity index (χ4n) is 2.88. The Morgan fingerprint density at radius 3 is 2.68 bits per heavy atom. The second kappa shape index (κ2) is 6.17. The van der Waals surface area contributed by atoms with Gasteiger partial charge in [0, 0.05) is 6.54 Å². The molecule has 3 rings (SSSR count). The highest BCUT2D eigenvalue weighted by Crippen LogP contribution is 2.36. The minimum absolute atomic E-state index is 0.307. The topological polar surface area (TPSA) is 113 Å². The molecule has 2 N–H and O–H groups in total. The lowest BCUT2D eigenvalue weighted by molar-refractivity contribution is -0.157. The van der Waals surface area contributed by atoms with Gasteiger partial charge in [-0.05, 0) is 19.1 Å². The summed E-state index contributed by atoms with van der Waals surface area (Å²) in [6.07, 6.45) is 0. The Kier molecular flexibility index (Phi) is 4.17. The molecule has 0 saturated carbocycles. The van der Waals surface area contributed by atoms with Gasteiger partial charge >= 0.3 is 11.9 Å². The van der Waals surface area contributed by atoms with E-state index in [-0.39, 0.29) is 0 Å². The smallest absolute Gasteiger partial charge is 0.358 e. The molecule has 2 unspecified atom stereocenters. The molecule has 0 bridgehead atoms. The van der Waals surface area contributed by atoms with E-state index in [4.69, 9.17) is 9.47 Å². The highest BCUT2D eigenvalue weighted by molar-refractivity contribution is 6.46. The van der Waals surface area contributed by atoms with Crippen LogP contribution in [-0.4, -0.2) is 66.0 Å². The molecule has 1 aromatic carbocycles. The second-order valence-corrected chi connectivity index (χ2v) is 5.48. The molecule has 9 nitrogen and oxygen atoms in total. The third-order valence-electron chi connectivity index (χ3n) is 4.14. The summed E-state index contributed by atoms with van der Waals surface area (Å²) in [5.74, 6) is -1.65. The SMILES string of the molecule is CCN1N=C(C(=O)OC)C(O)(C(=O)OC)C2Nc3ccccc3N=C21. The molecule has 132 valence electrons. The number of rotatable bonds is 3. The lowest BCUT2D eigenvalue weighted by Crippen LogP contribution is -2.69. The fourth-order valence-corrected chi connectivity index (χ4v) is 2.88. The molecule has 0 saturated heterocycles. The number of carbonyl (C=O) groups is 2. The van der Waals surface area contributed by atoms with Crippen molar-refractivity contribution in [1.29, 1.82) is 0 Å². The van der Waals surface area contributed by atoms with Crippen molar-refractivity contribution in [1.82, 2.24) is 5.01 Å². The highest BCUT2D eigenvalue weighted by Gasteiger charge is 2.59. The Morgan fingerprint density at radius 2 is 2.04 bits per heavy atom. The predicted octanol–water partition coefficient (Wildman–Crippen LogP) is 0.279. The maximum atomic E-state index is 12.4. The summed E-state index contributed by atoms with van der Waals surface area (Å²) >= 11 is 0. The number of anilines is 1. The molecule has 2 atom stereocenters. The van der Waals surface area contributed by atoms with E-state index in [1.54, 1.807) is 25.1 Å². The summed E-state index contributed by atoms with van der Waals surface area (Å²) < 4.78 is 9.42. The normalized spacial score (nSPS) is 24.2. The summed E-state index contributed by atoms with van der Waals surface area (Å²) in [5.41, 5.74) is -1.59. The number of likely N-dealkylation sites (N-methyl/N-ethyl adjacent to an activating group) is 1. The van der Waals surface area contributed by atoms with E-state index in [1.165, 1.54) is 5.01 Å². The number of hydrogen-bond donors (Lipinski definition) is 2. The van der Waals surface area contributed by atoms with E-state index in [0.29, 0.717) is 23.8 Å². The standard InChI is InChI=1S/C16H18N4O5/c1-4-20-13-11(17-9-7-5-6-8-10(9)18-13)16(23,15(22)25-3)12(19-20)14(21)24-2/h5-8,11,17,23H,4H2,1-3H3. The van der Waals surface area contributed by atoms with Gasteiger partial charge in [-0.3, -0.25) is 0 Å². The van der Waals surface area contributed by atoms with Gasteiger partial charge in [0.1, 0.15) is 6.04 Å². The van der Waals surface area contributed by atoms with Crippen LogP contribution in [0.2, 0.25) is 0 Å².